The second-order valence-corrected chi connectivity index (χ2v) is 5.89. The maximum Gasteiger partial charge on any atom is 0.327 e. The molecular formula is C13H17Br2NO2. The smallest absolute Gasteiger partial charge is 0.327 e. The number of hydrogen-bond donors (Lipinski definition) is 1. The molecule has 0 radical (unpaired) electrons. The van der Waals surface area contributed by atoms with Gasteiger partial charge in [-0.1, -0.05) is 6.07 Å². The molecule has 1 aromatic rings. The molecule has 18 heavy (non-hydrogen) atoms. The van der Waals surface area contributed by atoms with Crippen molar-refractivity contribution in [1.29, 1.82) is 0 Å². The first kappa shape index (κ1) is 15.7. The number of benzene rings is 1. The number of nitrogens with one attached hydrogen (secondary N) is 1. The third-order valence-electron chi connectivity index (χ3n) is 2.30. The van der Waals surface area contributed by atoms with Gasteiger partial charge in [0.1, 0.15) is 6.04 Å². The topological polar surface area (TPSA) is 38.3 Å². The molecule has 5 heteroatoms. The number of hydrogen-bond acceptors (Lipinski definition) is 3. The molecule has 0 aliphatic heterocycles. The van der Waals surface area contributed by atoms with E-state index in [1.807, 2.05) is 39.0 Å². The van der Waals surface area contributed by atoms with Crippen molar-refractivity contribution < 1.29 is 9.53 Å². The summed E-state index contributed by atoms with van der Waals surface area (Å²) < 4.78 is 6.97. The standard InChI is InChI=1S/C13H17Br2NO2/c1-4-18-13(17)12(16-8(2)3)9-5-6-10(14)11(15)7-9/h5-8,12,16H,4H2,1-3H3. The molecule has 0 aromatic heterocycles. The van der Waals surface area contributed by atoms with Crippen LogP contribution in [0.25, 0.3) is 0 Å². The van der Waals surface area contributed by atoms with Crippen molar-refractivity contribution in [2.45, 2.75) is 32.9 Å². The van der Waals surface area contributed by atoms with Gasteiger partial charge < -0.3 is 4.74 Å². The van der Waals surface area contributed by atoms with E-state index in [0.29, 0.717) is 6.61 Å². The fraction of sp³-hybridized carbons (Fsp3) is 0.462. The van der Waals surface area contributed by atoms with Gasteiger partial charge in [-0.3, -0.25) is 5.32 Å². The monoisotopic (exact) mass is 377 g/mol. The van der Waals surface area contributed by atoms with Gasteiger partial charge in [-0.15, -0.1) is 0 Å². The van der Waals surface area contributed by atoms with Gasteiger partial charge in [0.05, 0.1) is 6.61 Å². The predicted octanol–water partition coefficient (Wildman–Crippen LogP) is 3.81. The molecule has 1 aromatic carbocycles. The van der Waals surface area contributed by atoms with Gasteiger partial charge in [-0.25, -0.2) is 4.79 Å². The van der Waals surface area contributed by atoms with Crippen molar-refractivity contribution in [3.8, 4) is 0 Å². The van der Waals surface area contributed by atoms with E-state index in [1.54, 1.807) is 0 Å². The van der Waals surface area contributed by atoms with Crippen LogP contribution < -0.4 is 5.32 Å². The summed E-state index contributed by atoms with van der Waals surface area (Å²) in [5.41, 5.74) is 0.886. The van der Waals surface area contributed by atoms with Crippen LogP contribution in [-0.4, -0.2) is 18.6 Å². The zero-order chi connectivity index (χ0) is 13.7. The molecule has 0 bridgehead atoms. The molecule has 100 valence electrons. The predicted molar refractivity (Wildman–Crippen MR) is 79.5 cm³/mol. The van der Waals surface area contributed by atoms with Gasteiger partial charge in [-0.05, 0) is 70.3 Å². The van der Waals surface area contributed by atoms with Crippen LogP contribution in [0.2, 0.25) is 0 Å². The zero-order valence-electron chi connectivity index (χ0n) is 10.7. The fourth-order valence-electron chi connectivity index (χ4n) is 1.55. The molecule has 1 rings (SSSR count). The van der Waals surface area contributed by atoms with E-state index in [9.17, 15) is 4.79 Å². The molecule has 1 N–H and O–H groups in total. The fourth-order valence-corrected chi connectivity index (χ4v) is 2.19. The molecule has 3 nitrogen and oxygen atoms in total. The average Bonchev–Trinajstić information content (AvgIpc) is 2.30. The van der Waals surface area contributed by atoms with Gasteiger partial charge >= 0.3 is 5.97 Å². The summed E-state index contributed by atoms with van der Waals surface area (Å²) in [7, 11) is 0. The third kappa shape index (κ3) is 4.37. The Morgan fingerprint density at radius 2 is 2.00 bits per heavy atom. The van der Waals surface area contributed by atoms with Crippen molar-refractivity contribution in [3.63, 3.8) is 0 Å². The molecule has 0 fully saturated rings. The van der Waals surface area contributed by atoms with E-state index in [0.717, 1.165) is 14.5 Å². The lowest BCUT2D eigenvalue weighted by Crippen LogP contribution is -2.34. The van der Waals surface area contributed by atoms with Crippen LogP contribution in [0, 0.1) is 0 Å². The summed E-state index contributed by atoms with van der Waals surface area (Å²) in [5.74, 6) is -0.250. The maximum atomic E-state index is 12.0. The summed E-state index contributed by atoms with van der Waals surface area (Å²) in [6.45, 7) is 6.19. The minimum atomic E-state index is -0.436. The maximum absolute atomic E-state index is 12.0. The van der Waals surface area contributed by atoms with Crippen LogP contribution >= 0.6 is 31.9 Å². The Morgan fingerprint density at radius 3 is 2.50 bits per heavy atom. The van der Waals surface area contributed by atoms with Gasteiger partial charge in [0.2, 0.25) is 0 Å². The Morgan fingerprint density at radius 1 is 1.33 bits per heavy atom. The number of esters is 1. The van der Waals surface area contributed by atoms with Crippen molar-refractivity contribution in [2.75, 3.05) is 6.61 Å². The van der Waals surface area contributed by atoms with Crippen molar-refractivity contribution >= 4 is 37.8 Å². The van der Waals surface area contributed by atoms with E-state index in [4.69, 9.17) is 4.74 Å². The van der Waals surface area contributed by atoms with E-state index < -0.39 is 6.04 Å². The van der Waals surface area contributed by atoms with Crippen LogP contribution in [0.1, 0.15) is 32.4 Å². The summed E-state index contributed by atoms with van der Waals surface area (Å²) in [5, 5.41) is 3.22. The molecule has 0 spiro atoms. The lowest BCUT2D eigenvalue weighted by atomic mass is 10.1. The molecule has 0 aliphatic rings. The Balaban J connectivity index is 3.00. The summed E-state index contributed by atoms with van der Waals surface area (Å²) in [6.07, 6.45) is 0. The highest BCUT2D eigenvalue weighted by atomic mass is 79.9. The van der Waals surface area contributed by atoms with Gasteiger partial charge in [-0.2, -0.15) is 0 Å². The van der Waals surface area contributed by atoms with Crippen LogP contribution in [0.3, 0.4) is 0 Å². The van der Waals surface area contributed by atoms with Gasteiger partial charge in [0.15, 0.2) is 0 Å². The average molecular weight is 379 g/mol. The number of halogens is 2. The van der Waals surface area contributed by atoms with Gasteiger partial charge in [0.25, 0.3) is 0 Å². The van der Waals surface area contributed by atoms with Crippen LogP contribution in [0.4, 0.5) is 0 Å². The molecule has 1 atom stereocenters. The molecular weight excluding hydrogens is 362 g/mol. The number of ether oxygens (including phenoxy) is 1. The van der Waals surface area contributed by atoms with Crippen LogP contribution in [0.5, 0.6) is 0 Å². The second-order valence-electron chi connectivity index (χ2n) is 4.18. The number of rotatable bonds is 5. The van der Waals surface area contributed by atoms with Crippen molar-refractivity contribution in [3.05, 3.63) is 32.7 Å². The molecule has 0 saturated carbocycles. The Bertz CT molecular complexity index is 421. The molecule has 0 saturated heterocycles. The first-order valence-electron chi connectivity index (χ1n) is 5.83. The molecule has 0 heterocycles. The lowest BCUT2D eigenvalue weighted by molar-refractivity contribution is -0.146. The first-order chi connectivity index (χ1) is 8.45. The SMILES string of the molecule is CCOC(=O)C(NC(C)C)c1ccc(Br)c(Br)c1. The second kappa shape index (κ2) is 7.26. The van der Waals surface area contributed by atoms with Crippen LogP contribution in [-0.2, 0) is 9.53 Å². The minimum absolute atomic E-state index is 0.196. The van der Waals surface area contributed by atoms with Crippen molar-refractivity contribution in [1.82, 2.24) is 5.32 Å². The normalized spacial score (nSPS) is 12.6. The highest BCUT2D eigenvalue weighted by molar-refractivity contribution is 9.13. The molecule has 0 amide bonds. The first-order valence-corrected chi connectivity index (χ1v) is 7.42. The van der Waals surface area contributed by atoms with E-state index in [2.05, 4.69) is 37.2 Å². The lowest BCUT2D eigenvalue weighted by Gasteiger charge is -2.20. The Hall–Kier alpha value is -0.390. The molecule has 1 unspecified atom stereocenters. The van der Waals surface area contributed by atoms with E-state index in [-0.39, 0.29) is 12.0 Å². The summed E-state index contributed by atoms with van der Waals surface area (Å²) in [6, 6.07) is 5.50. The zero-order valence-corrected chi connectivity index (χ0v) is 13.8. The van der Waals surface area contributed by atoms with Gasteiger partial charge in [0, 0.05) is 15.0 Å². The Kier molecular flexibility index (Phi) is 6.32. The van der Waals surface area contributed by atoms with E-state index >= 15 is 0 Å². The summed E-state index contributed by atoms with van der Waals surface area (Å²) in [4.78, 5) is 12.0. The summed E-state index contributed by atoms with van der Waals surface area (Å²) >= 11 is 6.86. The number of carbonyl (C=O) groups excluding carboxylic acids is 1. The van der Waals surface area contributed by atoms with E-state index in [1.165, 1.54) is 0 Å². The number of carbonyl (C=O) groups is 1. The quantitative estimate of drug-likeness (QED) is 0.791. The van der Waals surface area contributed by atoms with Crippen LogP contribution in [0.15, 0.2) is 27.1 Å². The minimum Gasteiger partial charge on any atom is -0.465 e. The third-order valence-corrected chi connectivity index (χ3v) is 4.18. The highest BCUT2D eigenvalue weighted by Crippen LogP contribution is 2.27. The molecule has 0 aliphatic carbocycles. The highest BCUT2D eigenvalue weighted by Gasteiger charge is 2.22. The van der Waals surface area contributed by atoms with Crippen molar-refractivity contribution in [2.24, 2.45) is 0 Å². The largest absolute Gasteiger partial charge is 0.465 e. The Labute approximate surface area is 125 Å².